The van der Waals surface area contributed by atoms with Gasteiger partial charge in [-0.3, -0.25) is 10.1 Å². The standard InChI is InChI=1S/C10H6NO2S/c12-11(13)9-4-1-3-8(7-9)10-5-2-6-14-10/h1-5,7H. The van der Waals surface area contributed by atoms with E-state index in [-0.39, 0.29) is 10.6 Å². The molecule has 1 heterocycles. The molecule has 69 valence electrons. The number of non-ortho nitro benzene ring substituents is 1. The van der Waals surface area contributed by atoms with E-state index in [1.54, 1.807) is 18.2 Å². The predicted octanol–water partition coefficient (Wildman–Crippen LogP) is 3.12. The monoisotopic (exact) mass is 204 g/mol. The maximum Gasteiger partial charge on any atom is 0.270 e. The van der Waals surface area contributed by atoms with E-state index in [0.29, 0.717) is 0 Å². The Morgan fingerprint density at radius 3 is 2.86 bits per heavy atom. The highest BCUT2D eigenvalue weighted by Gasteiger charge is 2.06. The molecule has 0 saturated carbocycles. The zero-order valence-corrected chi connectivity index (χ0v) is 7.95. The second-order valence-electron chi connectivity index (χ2n) is 2.72. The fourth-order valence-electron chi connectivity index (χ4n) is 1.17. The Morgan fingerprint density at radius 2 is 2.21 bits per heavy atom. The van der Waals surface area contributed by atoms with Crippen LogP contribution in [-0.4, -0.2) is 4.92 Å². The molecule has 0 spiro atoms. The minimum absolute atomic E-state index is 0.121. The summed E-state index contributed by atoms with van der Waals surface area (Å²) in [6, 6.07) is 10.3. The van der Waals surface area contributed by atoms with Crippen LogP contribution in [0.2, 0.25) is 0 Å². The van der Waals surface area contributed by atoms with Crippen molar-refractivity contribution in [3.63, 3.8) is 0 Å². The van der Waals surface area contributed by atoms with Crippen LogP contribution in [0.3, 0.4) is 0 Å². The average Bonchev–Trinajstić information content (AvgIpc) is 2.71. The first kappa shape index (κ1) is 8.90. The quantitative estimate of drug-likeness (QED) is 0.557. The van der Waals surface area contributed by atoms with Crippen LogP contribution >= 0.6 is 11.3 Å². The summed E-state index contributed by atoms with van der Waals surface area (Å²) in [4.78, 5) is 11.1. The molecule has 2 aromatic rings. The van der Waals surface area contributed by atoms with Crippen LogP contribution in [-0.2, 0) is 0 Å². The predicted molar refractivity (Wildman–Crippen MR) is 55.2 cm³/mol. The van der Waals surface area contributed by atoms with Crippen molar-refractivity contribution >= 4 is 17.0 Å². The molecule has 0 bridgehead atoms. The highest BCUT2D eigenvalue weighted by Crippen LogP contribution is 2.26. The topological polar surface area (TPSA) is 43.1 Å². The summed E-state index contributed by atoms with van der Waals surface area (Å²) in [5.74, 6) is 0. The van der Waals surface area contributed by atoms with Gasteiger partial charge in [0.15, 0.2) is 0 Å². The second-order valence-corrected chi connectivity index (χ2v) is 3.60. The molecule has 0 atom stereocenters. The number of hydrogen-bond donors (Lipinski definition) is 0. The molecule has 0 N–H and O–H groups in total. The van der Waals surface area contributed by atoms with Crippen molar-refractivity contribution in [2.45, 2.75) is 0 Å². The molecular formula is C10H6NO2S. The van der Waals surface area contributed by atoms with Gasteiger partial charge in [0, 0.05) is 22.4 Å². The highest BCUT2D eigenvalue weighted by atomic mass is 32.1. The fourth-order valence-corrected chi connectivity index (χ4v) is 1.81. The normalized spacial score (nSPS) is 10.0. The largest absolute Gasteiger partial charge is 0.270 e. The number of nitro groups is 1. The second kappa shape index (κ2) is 3.59. The minimum atomic E-state index is -0.388. The van der Waals surface area contributed by atoms with Gasteiger partial charge >= 0.3 is 0 Å². The van der Waals surface area contributed by atoms with Gasteiger partial charge in [0.25, 0.3) is 5.69 Å². The average molecular weight is 204 g/mol. The molecule has 0 amide bonds. The maximum atomic E-state index is 10.5. The number of nitro benzene ring substituents is 1. The van der Waals surface area contributed by atoms with Gasteiger partial charge in [-0.25, -0.2) is 0 Å². The lowest BCUT2D eigenvalue weighted by atomic mass is 10.2. The van der Waals surface area contributed by atoms with Gasteiger partial charge in [0.05, 0.1) is 4.92 Å². The van der Waals surface area contributed by atoms with Crippen molar-refractivity contribution in [1.82, 2.24) is 0 Å². The van der Waals surface area contributed by atoms with Crippen molar-refractivity contribution in [2.75, 3.05) is 0 Å². The molecule has 0 aliphatic rings. The van der Waals surface area contributed by atoms with Gasteiger partial charge in [-0.2, -0.15) is 0 Å². The van der Waals surface area contributed by atoms with E-state index in [0.717, 1.165) is 10.4 Å². The summed E-state index contributed by atoms with van der Waals surface area (Å²) in [5.41, 5.74) is 0.987. The molecule has 1 aromatic heterocycles. The van der Waals surface area contributed by atoms with Gasteiger partial charge in [-0.05, 0) is 17.7 Å². The van der Waals surface area contributed by atoms with Crippen molar-refractivity contribution < 1.29 is 4.92 Å². The Balaban J connectivity index is 2.46. The summed E-state index contributed by atoms with van der Waals surface area (Å²) >= 11 is 1.45. The van der Waals surface area contributed by atoms with E-state index in [1.807, 2.05) is 12.1 Å². The summed E-state index contributed by atoms with van der Waals surface area (Å²) in [6.07, 6.45) is 0. The molecule has 1 radical (unpaired) electrons. The van der Waals surface area contributed by atoms with Crippen molar-refractivity contribution in [3.8, 4) is 10.4 Å². The lowest BCUT2D eigenvalue weighted by Gasteiger charge is -1.96. The smallest absolute Gasteiger partial charge is 0.258 e. The van der Waals surface area contributed by atoms with E-state index >= 15 is 0 Å². The van der Waals surface area contributed by atoms with Crippen LogP contribution in [0.5, 0.6) is 0 Å². The van der Waals surface area contributed by atoms with Crippen LogP contribution in [0.4, 0.5) is 5.69 Å². The minimum Gasteiger partial charge on any atom is -0.258 e. The summed E-state index contributed by atoms with van der Waals surface area (Å²) < 4.78 is 0. The third kappa shape index (κ3) is 1.65. The first-order valence-corrected chi connectivity index (χ1v) is 4.80. The molecule has 1 aromatic carbocycles. The number of nitrogens with zero attached hydrogens (tertiary/aromatic N) is 1. The van der Waals surface area contributed by atoms with E-state index in [1.165, 1.54) is 17.4 Å². The molecule has 0 unspecified atom stereocenters. The number of benzene rings is 1. The Labute approximate surface area is 84.8 Å². The number of hydrogen-bond acceptors (Lipinski definition) is 3. The maximum absolute atomic E-state index is 10.5. The Kier molecular flexibility index (Phi) is 2.28. The summed E-state index contributed by atoms with van der Waals surface area (Å²) in [6.45, 7) is 0. The van der Waals surface area contributed by atoms with Gasteiger partial charge in [0.1, 0.15) is 0 Å². The first-order valence-electron chi connectivity index (χ1n) is 3.98. The molecule has 0 fully saturated rings. The van der Waals surface area contributed by atoms with Crippen LogP contribution in [0.25, 0.3) is 10.4 Å². The fraction of sp³-hybridized carbons (Fsp3) is 0. The molecule has 0 aliphatic carbocycles. The highest BCUT2D eigenvalue weighted by molar-refractivity contribution is 7.13. The zero-order valence-electron chi connectivity index (χ0n) is 7.14. The van der Waals surface area contributed by atoms with Crippen LogP contribution in [0, 0.1) is 15.5 Å². The lowest BCUT2D eigenvalue weighted by Crippen LogP contribution is -1.86. The molecule has 2 rings (SSSR count). The zero-order chi connectivity index (χ0) is 9.97. The molecule has 14 heavy (non-hydrogen) atoms. The Bertz CT molecular complexity index is 451. The summed E-state index contributed by atoms with van der Waals surface area (Å²) in [7, 11) is 0. The van der Waals surface area contributed by atoms with Gasteiger partial charge in [-0.1, -0.05) is 12.1 Å². The molecule has 4 heteroatoms. The van der Waals surface area contributed by atoms with Gasteiger partial charge in [0.2, 0.25) is 0 Å². The van der Waals surface area contributed by atoms with E-state index in [2.05, 4.69) is 5.38 Å². The molecular weight excluding hydrogens is 198 g/mol. The third-order valence-electron chi connectivity index (χ3n) is 1.81. The Morgan fingerprint density at radius 1 is 1.36 bits per heavy atom. The molecule has 3 nitrogen and oxygen atoms in total. The third-order valence-corrected chi connectivity index (χ3v) is 2.66. The van der Waals surface area contributed by atoms with E-state index in [9.17, 15) is 10.1 Å². The van der Waals surface area contributed by atoms with Gasteiger partial charge in [-0.15, -0.1) is 11.3 Å². The number of rotatable bonds is 2. The lowest BCUT2D eigenvalue weighted by molar-refractivity contribution is -0.384. The van der Waals surface area contributed by atoms with Crippen LogP contribution < -0.4 is 0 Å². The van der Waals surface area contributed by atoms with Crippen molar-refractivity contribution in [1.29, 1.82) is 0 Å². The molecule has 0 saturated heterocycles. The van der Waals surface area contributed by atoms with Gasteiger partial charge < -0.3 is 0 Å². The molecule has 0 aliphatic heterocycles. The van der Waals surface area contributed by atoms with Crippen LogP contribution in [0.1, 0.15) is 0 Å². The summed E-state index contributed by atoms with van der Waals surface area (Å²) in [5, 5.41) is 13.5. The van der Waals surface area contributed by atoms with E-state index < -0.39 is 0 Å². The first-order chi connectivity index (χ1) is 6.77. The Hall–Kier alpha value is -1.68. The van der Waals surface area contributed by atoms with Crippen molar-refractivity contribution in [2.24, 2.45) is 0 Å². The van der Waals surface area contributed by atoms with Crippen LogP contribution in [0.15, 0.2) is 36.4 Å². The SMILES string of the molecule is O=[N+]([O-])c1cccc(-c2cc[c]s2)c1. The van der Waals surface area contributed by atoms with E-state index in [4.69, 9.17) is 0 Å². The van der Waals surface area contributed by atoms with Crippen molar-refractivity contribution in [3.05, 3.63) is 51.9 Å². The number of thiophene rings is 1.